The van der Waals surface area contributed by atoms with Gasteiger partial charge in [0.25, 0.3) is 0 Å². The fraction of sp³-hybridized carbons (Fsp3) is 0.850. The van der Waals surface area contributed by atoms with E-state index < -0.39 is 0 Å². The molecule has 3 saturated carbocycles. The summed E-state index contributed by atoms with van der Waals surface area (Å²) in [5.74, 6) is 3.31. The molecule has 23 heavy (non-hydrogen) atoms. The van der Waals surface area contributed by atoms with Crippen molar-refractivity contribution in [2.45, 2.75) is 64.4 Å². The minimum absolute atomic E-state index is 0.0458. The highest BCUT2D eigenvalue weighted by Crippen LogP contribution is 2.61. The lowest BCUT2D eigenvalue weighted by atomic mass is 9.52. The Hall–Kier alpha value is -0.830. The molecule has 0 saturated heterocycles. The predicted molar refractivity (Wildman–Crippen MR) is 94.2 cm³/mol. The van der Waals surface area contributed by atoms with Crippen molar-refractivity contribution in [2.75, 3.05) is 14.1 Å². The van der Waals surface area contributed by atoms with Gasteiger partial charge in [-0.1, -0.05) is 12.5 Å². The molecular formula is C20H32N2O. The monoisotopic (exact) mass is 316 g/mol. The number of aliphatic hydroxyl groups is 1. The molecule has 3 nitrogen and oxygen atoms in total. The van der Waals surface area contributed by atoms with Crippen LogP contribution in [0.2, 0.25) is 0 Å². The van der Waals surface area contributed by atoms with Crippen LogP contribution in [0.25, 0.3) is 0 Å². The highest BCUT2D eigenvalue weighted by Gasteiger charge is 2.55. The van der Waals surface area contributed by atoms with Gasteiger partial charge >= 0.3 is 0 Å². The fourth-order valence-corrected chi connectivity index (χ4v) is 6.50. The smallest absolute Gasteiger partial charge is 0.0605 e. The van der Waals surface area contributed by atoms with Gasteiger partial charge in [0.05, 0.1) is 11.8 Å². The Bertz CT molecular complexity index is 538. The summed E-state index contributed by atoms with van der Waals surface area (Å²) in [6.07, 6.45) is 12.3. The number of rotatable bonds is 1. The molecule has 4 rings (SSSR count). The van der Waals surface area contributed by atoms with Crippen molar-refractivity contribution in [1.82, 2.24) is 5.01 Å². The molecule has 128 valence electrons. The Morgan fingerprint density at radius 1 is 1.09 bits per heavy atom. The number of hydrazone groups is 1. The lowest BCUT2D eigenvalue weighted by Crippen LogP contribution is -2.47. The number of fused-ring (bicyclic) bond motifs is 5. The third-order valence-electron chi connectivity index (χ3n) is 7.59. The molecule has 1 N–H and O–H groups in total. The van der Waals surface area contributed by atoms with Crippen LogP contribution in [0.5, 0.6) is 0 Å². The number of aliphatic hydroxyl groups excluding tert-OH is 1. The fourth-order valence-electron chi connectivity index (χ4n) is 6.50. The van der Waals surface area contributed by atoms with Crippen molar-refractivity contribution in [3.8, 4) is 0 Å². The minimum Gasteiger partial charge on any atom is -0.393 e. The zero-order valence-corrected chi connectivity index (χ0v) is 15.0. The van der Waals surface area contributed by atoms with Gasteiger partial charge in [-0.15, -0.1) is 0 Å². The van der Waals surface area contributed by atoms with Crippen LogP contribution in [-0.4, -0.2) is 36.0 Å². The molecule has 4 aliphatic rings. The van der Waals surface area contributed by atoms with Crippen LogP contribution in [0.3, 0.4) is 0 Å². The molecule has 0 aromatic carbocycles. The quantitative estimate of drug-likeness (QED) is 0.746. The minimum atomic E-state index is -0.0458. The number of hydrogen-bond acceptors (Lipinski definition) is 3. The van der Waals surface area contributed by atoms with E-state index >= 15 is 0 Å². The second-order valence-electron chi connectivity index (χ2n) is 8.91. The molecule has 0 heterocycles. The lowest BCUT2D eigenvalue weighted by molar-refractivity contribution is -0.0525. The summed E-state index contributed by atoms with van der Waals surface area (Å²) in [4.78, 5) is 0. The number of hydrogen-bond donors (Lipinski definition) is 1. The molecule has 4 aliphatic carbocycles. The van der Waals surface area contributed by atoms with E-state index in [-0.39, 0.29) is 11.5 Å². The molecule has 0 aliphatic heterocycles. The summed E-state index contributed by atoms with van der Waals surface area (Å²) in [6, 6.07) is 0. The summed E-state index contributed by atoms with van der Waals surface area (Å²) in [6.45, 7) is 2.37. The van der Waals surface area contributed by atoms with Crippen molar-refractivity contribution >= 4 is 5.71 Å². The molecule has 0 aromatic rings. The molecule has 0 radical (unpaired) electrons. The highest BCUT2D eigenvalue weighted by atomic mass is 16.3. The molecule has 6 unspecified atom stereocenters. The van der Waals surface area contributed by atoms with E-state index in [1.54, 1.807) is 5.57 Å². The molecule has 0 spiro atoms. The van der Waals surface area contributed by atoms with Crippen molar-refractivity contribution in [3.05, 3.63) is 11.6 Å². The van der Waals surface area contributed by atoms with E-state index in [2.05, 4.69) is 18.1 Å². The molecule has 0 amide bonds. The van der Waals surface area contributed by atoms with Gasteiger partial charge in [-0.3, -0.25) is 0 Å². The van der Waals surface area contributed by atoms with Gasteiger partial charge in [0.2, 0.25) is 0 Å². The lowest BCUT2D eigenvalue weighted by Gasteiger charge is -2.53. The summed E-state index contributed by atoms with van der Waals surface area (Å²) in [7, 11) is 4.03. The first-order chi connectivity index (χ1) is 11.0. The van der Waals surface area contributed by atoms with E-state index in [9.17, 15) is 5.11 Å². The van der Waals surface area contributed by atoms with Crippen molar-refractivity contribution in [2.24, 2.45) is 34.2 Å². The second kappa shape index (κ2) is 5.61. The van der Waals surface area contributed by atoms with Crippen LogP contribution >= 0.6 is 0 Å². The summed E-state index contributed by atoms with van der Waals surface area (Å²) < 4.78 is 0. The molecular weight excluding hydrogens is 284 g/mol. The van der Waals surface area contributed by atoms with Gasteiger partial charge < -0.3 is 10.1 Å². The maximum atomic E-state index is 10.5. The summed E-state index contributed by atoms with van der Waals surface area (Å²) >= 11 is 0. The second-order valence-corrected chi connectivity index (χ2v) is 8.91. The largest absolute Gasteiger partial charge is 0.393 e. The summed E-state index contributed by atoms with van der Waals surface area (Å²) in [5.41, 5.74) is 3.17. The Morgan fingerprint density at radius 3 is 2.70 bits per heavy atom. The zero-order valence-electron chi connectivity index (χ0n) is 15.0. The average Bonchev–Trinajstić information content (AvgIpc) is 2.82. The van der Waals surface area contributed by atoms with Crippen LogP contribution in [0.4, 0.5) is 0 Å². The van der Waals surface area contributed by atoms with E-state index in [1.165, 1.54) is 44.2 Å². The third kappa shape index (κ3) is 2.47. The Kier molecular flexibility index (Phi) is 3.83. The van der Waals surface area contributed by atoms with Crippen LogP contribution in [-0.2, 0) is 0 Å². The van der Waals surface area contributed by atoms with Crippen LogP contribution < -0.4 is 0 Å². The van der Waals surface area contributed by atoms with Crippen molar-refractivity contribution < 1.29 is 5.11 Å². The van der Waals surface area contributed by atoms with Crippen LogP contribution in [0, 0.1) is 29.1 Å². The molecule has 3 fully saturated rings. The van der Waals surface area contributed by atoms with Crippen molar-refractivity contribution in [3.63, 3.8) is 0 Å². The van der Waals surface area contributed by atoms with Crippen LogP contribution in [0.1, 0.15) is 58.3 Å². The molecule has 0 bridgehead atoms. The Balaban J connectivity index is 1.57. The average molecular weight is 316 g/mol. The molecule has 0 aromatic heterocycles. The first kappa shape index (κ1) is 15.7. The van der Waals surface area contributed by atoms with Crippen LogP contribution in [0.15, 0.2) is 16.8 Å². The van der Waals surface area contributed by atoms with Gasteiger partial charge in [0.1, 0.15) is 0 Å². The topological polar surface area (TPSA) is 35.8 Å². The number of allylic oxidation sites excluding steroid dienone is 2. The van der Waals surface area contributed by atoms with Gasteiger partial charge in [-0.25, -0.2) is 0 Å². The Labute approximate surface area is 140 Å². The predicted octanol–water partition coefficient (Wildman–Crippen LogP) is 3.84. The zero-order chi connectivity index (χ0) is 16.2. The number of nitrogens with zero attached hydrogens (tertiary/aromatic N) is 2. The van der Waals surface area contributed by atoms with E-state index in [1.807, 2.05) is 19.1 Å². The van der Waals surface area contributed by atoms with E-state index in [4.69, 9.17) is 0 Å². The maximum Gasteiger partial charge on any atom is 0.0605 e. The molecule has 3 heteroatoms. The van der Waals surface area contributed by atoms with Gasteiger partial charge in [0.15, 0.2) is 0 Å². The van der Waals surface area contributed by atoms with Gasteiger partial charge in [0, 0.05) is 14.1 Å². The normalized spacial score (nSPS) is 47.6. The third-order valence-corrected chi connectivity index (χ3v) is 7.59. The highest BCUT2D eigenvalue weighted by molar-refractivity contribution is 5.96. The van der Waals surface area contributed by atoms with E-state index in [0.29, 0.717) is 0 Å². The SMILES string of the molecule is CN(C)N=C1C=C2CCC3C(CCC4(C)C(O)CCC34)C2CC1. The standard InChI is InChI=1S/C20H32N2O/c1-20-11-10-16-15-7-5-14(21-22(2)3)12-13(15)4-6-17(16)18(20)8-9-19(20)23/h12,15-19,23H,4-11H2,1-3H3. The maximum absolute atomic E-state index is 10.5. The van der Waals surface area contributed by atoms with Gasteiger partial charge in [-0.2, -0.15) is 5.10 Å². The van der Waals surface area contributed by atoms with E-state index in [0.717, 1.165) is 36.5 Å². The first-order valence-corrected chi connectivity index (χ1v) is 9.62. The molecule has 6 atom stereocenters. The Morgan fingerprint density at radius 2 is 1.91 bits per heavy atom. The summed E-state index contributed by atoms with van der Waals surface area (Å²) in [5, 5.41) is 17.1. The van der Waals surface area contributed by atoms with Crippen molar-refractivity contribution in [1.29, 1.82) is 0 Å². The first-order valence-electron chi connectivity index (χ1n) is 9.62. The van der Waals surface area contributed by atoms with Gasteiger partial charge in [-0.05, 0) is 86.5 Å².